The fourth-order valence-electron chi connectivity index (χ4n) is 1.49. The van der Waals surface area contributed by atoms with Crippen LogP contribution in [0.4, 0.5) is 13.2 Å². The summed E-state index contributed by atoms with van der Waals surface area (Å²) in [5.41, 5.74) is 0. The predicted octanol–water partition coefficient (Wildman–Crippen LogP) is 1.72. The number of hydrogen-bond donors (Lipinski definition) is 1. The first-order chi connectivity index (χ1) is 7.50. The summed E-state index contributed by atoms with van der Waals surface area (Å²) in [6.45, 7) is 2.99. The van der Waals surface area contributed by atoms with Crippen LogP contribution in [0.2, 0.25) is 0 Å². The fraction of sp³-hybridized carbons (Fsp3) is 1.00. The van der Waals surface area contributed by atoms with E-state index in [9.17, 15) is 13.2 Å². The Balaban J connectivity index is 2.02. The molecule has 16 heavy (non-hydrogen) atoms. The van der Waals surface area contributed by atoms with Gasteiger partial charge in [-0.3, -0.25) is 0 Å². The molecule has 0 spiro atoms. The van der Waals surface area contributed by atoms with Gasteiger partial charge in [-0.25, -0.2) is 0 Å². The van der Waals surface area contributed by atoms with Crippen LogP contribution in [0.25, 0.3) is 0 Å². The molecule has 0 saturated carbocycles. The second-order valence-corrected chi connectivity index (χ2v) is 3.90. The smallest absolute Gasteiger partial charge is 0.381 e. The third-order valence-corrected chi connectivity index (χ3v) is 2.59. The normalized spacial score (nSPS) is 21.0. The van der Waals surface area contributed by atoms with Gasteiger partial charge < -0.3 is 14.8 Å². The maximum Gasteiger partial charge on any atom is 0.414 e. The summed E-state index contributed by atoms with van der Waals surface area (Å²) in [6.07, 6.45) is -4.13. The second-order valence-electron chi connectivity index (χ2n) is 3.90. The van der Waals surface area contributed by atoms with Crippen molar-refractivity contribution in [2.75, 3.05) is 26.4 Å². The van der Waals surface area contributed by atoms with Crippen molar-refractivity contribution in [2.45, 2.75) is 38.1 Å². The predicted molar refractivity (Wildman–Crippen MR) is 53.3 cm³/mol. The van der Waals surface area contributed by atoms with E-state index in [-0.39, 0.29) is 6.61 Å². The molecule has 6 heteroatoms. The van der Waals surface area contributed by atoms with E-state index in [4.69, 9.17) is 4.74 Å². The Morgan fingerprint density at radius 3 is 2.56 bits per heavy atom. The highest BCUT2D eigenvalue weighted by Gasteiger charge is 2.36. The van der Waals surface area contributed by atoms with Crippen LogP contribution < -0.4 is 5.32 Å². The molecule has 1 unspecified atom stereocenters. The van der Waals surface area contributed by atoms with Gasteiger partial charge in [0.05, 0.1) is 6.61 Å². The third-order valence-electron chi connectivity index (χ3n) is 2.59. The molecule has 1 saturated heterocycles. The lowest BCUT2D eigenvalue weighted by atomic mass is 10.1. The minimum Gasteiger partial charge on any atom is -0.381 e. The Bertz CT molecular complexity index is 193. The van der Waals surface area contributed by atoms with Crippen molar-refractivity contribution in [3.63, 3.8) is 0 Å². The topological polar surface area (TPSA) is 30.5 Å². The lowest BCUT2D eigenvalue weighted by Crippen LogP contribution is -2.38. The van der Waals surface area contributed by atoms with Crippen LogP contribution >= 0.6 is 0 Å². The van der Waals surface area contributed by atoms with Crippen LogP contribution in [0.15, 0.2) is 0 Å². The van der Waals surface area contributed by atoms with E-state index < -0.39 is 12.3 Å². The van der Waals surface area contributed by atoms with Crippen molar-refractivity contribution in [3.8, 4) is 0 Å². The Hall–Kier alpha value is -0.330. The van der Waals surface area contributed by atoms with Crippen LogP contribution in [0.3, 0.4) is 0 Å². The fourth-order valence-corrected chi connectivity index (χ4v) is 1.49. The minimum atomic E-state index is -4.27. The average molecular weight is 241 g/mol. The highest BCUT2D eigenvalue weighted by molar-refractivity contribution is 4.70. The average Bonchev–Trinajstić information content (AvgIpc) is 2.24. The first-order valence-corrected chi connectivity index (χ1v) is 5.49. The van der Waals surface area contributed by atoms with Crippen molar-refractivity contribution < 1.29 is 22.6 Å². The number of halogens is 3. The maximum absolute atomic E-state index is 12.1. The Morgan fingerprint density at radius 1 is 1.38 bits per heavy atom. The molecule has 0 bridgehead atoms. The molecule has 1 aliphatic heterocycles. The maximum atomic E-state index is 12.1. The first-order valence-electron chi connectivity index (χ1n) is 5.49. The van der Waals surface area contributed by atoms with E-state index in [0.29, 0.717) is 12.6 Å². The highest BCUT2D eigenvalue weighted by atomic mass is 19.4. The zero-order chi connectivity index (χ0) is 12.0. The minimum absolute atomic E-state index is 0.0814. The van der Waals surface area contributed by atoms with Gasteiger partial charge >= 0.3 is 6.18 Å². The van der Waals surface area contributed by atoms with E-state index in [2.05, 4.69) is 10.1 Å². The van der Waals surface area contributed by atoms with Gasteiger partial charge in [0.2, 0.25) is 0 Å². The standard InChI is InChI=1S/C10H18F3NO2/c1-8(10(11,12)13)16-7-4-14-9-2-5-15-6-3-9/h8-9,14H,2-7H2,1H3. The Labute approximate surface area is 93.3 Å². The van der Waals surface area contributed by atoms with Crippen molar-refractivity contribution >= 4 is 0 Å². The number of ether oxygens (including phenoxy) is 2. The summed E-state index contributed by atoms with van der Waals surface area (Å²) >= 11 is 0. The van der Waals surface area contributed by atoms with Gasteiger partial charge in [0.15, 0.2) is 6.10 Å². The van der Waals surface area contributed by atoms with Gasteiger partial charge in [0.25, 0.3) is 0 Å². The molecular formula is C10H18F3NO2. The second kappa shape index (κ2) is 6.42. The Morgan fingerprint density at radius 2 is 2.00 bits per heavy atom. The number of hydrogen-bond acceptors (Lipinski definition) is 3. The summed E-state index contributed by atoms with van der Waals surface area (Å²) in [6, 6.07) is 0.346. The van der Waals surface area contributed by atoms with E-state index in [1.54, 1.807) is 0 Å². The summed E-state index contributed by atoms with van der Waals surface area (Å²) < 4.78 is 46.1. The van der Waals surface area contributed by atoms with Gasteiger partial charge in [0.1, 0.15) is 0 Å². The van der Waals surface area contributed by atoms with Gasteiger partial charge in [-0.1, -0.05) is 0 Å². The van der Waals surface area contributed by atoms with Crippen LogP contribution in [-0.2, 0) is 9.47 Å². The van der Waals surface area contributed by atoms with Crippen molar-refractivity contribution in [3.05, 3.63) is 0 Å². The summed E-state index contributed by atoms with van der Waals surface area (Å²) in [7, 11) is 0. The number of rotatable bonds is 5. The molecule has 1 rings (SSSR count). The molecule has 96 valence electrons. The molecule has 3 nitrogen and oxygen atoms in total. The third kappa shape index (κ3) is 5.14. The van der Waals surface area contributed by atoms with E-state index in [0.717, 1.165) is 33.0 Å². The zero-order valence-electron chi connectivity index (χ0n) is 9.35. The van der Waals surface area contributed by atoms with Crippen molar-refractivity contribution in [1.29, 1.82) is 0 Å². The van der Waals surface area contributed by atoms with Crippen molar-refractivity contribution in [2.24, 2.45) is 0 Å². The summed E-state index contributed by atoms with van der Waals surface area (Å²) in [4.78, 5) is 0. The molecule has 0 radical (unpaired) electrons. The lowest BCUT2D eigenvalue weighted by molar-refractivity contribution is -0.213. The molecule has 1 N–H and O–H groups in total. The van der Waals surface area contributed by atoms with E-state index in [1.165, 1.54) is 0 Å². The van der Waals surface area contributed by atoms with Crippen LogP contribution in [0.1, 0.15) is 19.8 Å². The monoisotopic (exact) mass is 241 g/mol. The van der Waals surface area contributed by atoms with Gasteiger partial charge in [-0.05, 0) is 19.8 Å². The van der Waals surface area contributed by atoms with Crippen LogP contribution in [0.5, 0.6) is 0 Å². The van der Waals surface area contributed by atoms with Gasteiger partial charge in [-0.15, -0.1) is 0 Å². The van der Waals surface area contributed by atoms with Gasteiger partial charge in [-0.2, -0.15) is 13.2 Å². The molecule has 0 aromatic heterocycles. The van der Waals surface area contributed by atoms with Crippen LogP contribution in [-0.4, -0.2) is 44.7 Å². The highest BCUT2D eigenvalue weighted by Crippen LogP contribution is 2.21. The van der Waals surface area contributed by atoms with E-state index >= 15 is 0 Å². The van der Waals surface area contributed by atoms with Crippen molar-refractivity contribution in [1.82, 2.24) is 5.32 Å². The first kappa shape index (κ1) is 13.7. The largest absolute Gasteiger partial charge is 0.414 e. The van der Waals surface area contributed by atoms with Gasteiger partial charge in [0, 0.05) is 25.8 Å². The van der Waals surface area contributed by atoms with Crippen LogP contribution in [0, 0.1) is 0 Å². The quantitative estimate of drug-likeness (QED) is 0.743. The zero-order valence-corrected chi connectivity index (χ0v) is 9.35. The molecule has 1 heterocycles. The molecule has 0 aromatic rings. The molecule has 1 atom stereocenters. The molecule has 0 amide bonds. The molecule has 0 aromatic carbocycles. The molecule has 1 aliphatic rings. The SMILES string of the molecule is CC(OCCNC1CCOCC1)C(F)(F)F. The molecule has 0 aliphatic carbocycles. The summed E-state index contributed by atoms with van der Waals surface area (Å²) in [5.74, 6) is 0. The van der Waals surface area contributed by atoms with E-state index in [1.807, 2.05) is 0 Å². The Kier molecular flexibility index (Phi) is 5.51. The molecular weight excluding hydrogens is 223 g/mol. The number of nitrogens with one attached hydrogen (secondary N) is 1. The summed E-state index contributed by atoms with van der Waals surface area (Å²) in [5, 5.41) is 3.16. The lowest BCUT2D eigenvalue weighted by Gasteiger charge is -2.23. The molecule has 1 fully saturated rings. The number of alkyl halides is 3.